The van der Waals surface area contributed by atoms with Gasteiger partial charge in [-0.1, -0.05) is 23.7 Å². The molecule has 2 saturated heterocycles. The van der Waals surface area contributed by atoms with E-state index in [2.05, 4.69) is 21.7 Å². The van der Waals surface area contributed by atoms with Crippen molar-refractivity contribution in [3.8, 4) is 0 Å². The summed E-state index contributed by atoms with van der Waals surface area (Å²) < 4.78 is 5.04. The van der Waals surface area contributed by atoms with E-state index in [9.17, 15) is 9.59 Å². The van der Waals surface area contributed by atoms with E-state index < -0.39 is 6.10 Å². The van der Waals surface area contributed by atoms with Gasteiger partial charge in [0, 0.05) is 45.6 Å². The van der Waals surface area contributed by atoms with Crippen molar-refractivity contribution in [3.05, 3.63) is 35.9 Å². The standard InChI is InChI=1S/C18H22ClN3O3/c1-2-8-21-9-11-22(12-10-21)17-13(19)4-3-5-14(17)20-18(24)15-6-7-16(23)25-15/h2-5,15H,1,6-12H2,(H,20,24). The summed E-state index contributed by atoms with van der Waals surface area (Å²) in [7, 11) is 0. The van der Waals surface area contributed by atoms with E-state index in [-0.39, 0.29) is 18.3 Å². The average molecular weight is 364 g/mol. The van der Waals surface area contributed by atoms with Crippen LogP contribution in [0.5, 0.6) is 0 Å². The number of halogens is 1. The number of carbonyl (C=O) groups is 2. The number of carbonyl (C=O) groups excluding carboxylic acids is 2. The van der Waals surface area contributed by atoms with Gasteiger partial charge in [-0.15, -0.1) is 6.58 Å². The van der Waals surface area contributed by atoms with Crippen molar-refractivity contribution in [2.24, 2.45) is 0 Å². The number of para-hydroxylation sites is 1. The van der Waals surface area contributed by atoms with Gasteiger partial charge in [0.1, 0.15) is 0 Å². The molecule has 6 nitrogen and oxygen atoms in total. The molecule has 1 atom stereocenters. The van der Waals surface area contributed by atoms with Crippen LogP contribution in [0.2, 0.25) is 5.02 Å². The first kappa shape index (κ1) is 17.8. The molecule has 7 heteroatoms. The molecule has 134 valence electrons. The highest BCUT2D eigenvalue weighted by atomic mass is 35.5. The number of rotatable bonds is 5. The van der Waals surface area contributed by atoms with Gasteiger partial charge in [0.15, 0.2) is 6.10 Å². The number of nitrogens with one attached hydrogen (secondary N) is 1. The number of hydrogen-bond acceptors (Lipinski definition) is 5. The fourth-order valence-corrected chi connectivity index (χ4v) is 3.49. The second-order valence-electron chi connectivity index (χ2n) is 6.22. The zero-order chi connectivity index (χ0) is 17.8. The third-order valence-electron chi connectivity index (χ3n) is 4.50. The highest BCUT2D eigenvalue weighted by Gasteiger charge is 2.31. The van der Waals surface area contributed by atoms with Crippen molar-refractivity contribution in [1.82, 2.24) is 4.90 Å². The van der Waals surface area contributed by atoms with Crippen LogP contribution in [-0.2, 0) is 14.3 Å². The first-order chi connectivity index (χ1) is 12.1. The minimum Gasteiger partial charge on any atom is -0.452 e. The SMILES string of the molecule is C=CCN1CCN(c2c(Cl)cccc2NC(=O)C2CCC(=O)O2)CC1. The molecule has 2 heterocycles. The lowest BCUT2D eigenvalue weighted by molar-refractivity contribution is -0.146. The van der Waals surface area contributed by atoms with E-state index in [1.807, 2.05) is 18.2 Å². The number of piperazine rings is 1. The largest absolute Gasteiger partial charge is 0.452 e. The van der Waals surface area contributed by atoms with E-state index in [0.717, 1.165) is 38.4 Å². The predicted molar refractivity (Wildman–Crippen MR) is 98.0 cm³/mol. The van der Waals surface area contributed by atoms with Gasteiger partial charge < -0.3 is 15.0 Å². The summed E-state index contributed by atoms with van der Waals surface area (Å²) in [5.74, 6) is -0.635. The van der Waals surface area contributed by atoms with Crippen LogP contribution in [0.25, 0.3) is 0 Å². The van der Waals surface area contributed by atoms with Crippen LogP contribution in [0.3, 0.4) is 0 Å². The van der Waals surface area contributed by atoms with E-state index in [1.54, 1.807) is 6.07 Å². The minimum absolute atomic E-state index is 0.283. The van der Waals surface area contributed by atoms with Crippen molar-refractivity contribution in [2.45, 2.75) is 18.9 Å². The van der Waals surface area contributed by atoms with Gasteiger partial charge >= 0.3 is 5.97 Å². The molecule has 0 aromatic heterocycles. The Hall–Kier alpha value is -2.05. The Labute approximate surface area is 152 Å². The molecule has 2 aliphatic rings. The average Bonchev–Trinajstić information content (AvgIpc) is 3.03. The number of ether oxygens (including phenoxy) is 1. The Morgan fingerprint density at radius 3 is 2.76 bits per heavy atom. The summed E-state index contributed by atoms with van der Waals surface area (Å²) in [5.41, 5.74) is 1.47. The number of amides is 1. The Balaban J connectivity index is 1.73. The number of cyclic esters (lactones) is 1. The normalized spacial score (nSPS) is 21.1. The molecule has 2 aliphatic heterocycles. The number of nitrogens with zero attached hydrogens (tertiary/aromatic N) is 2. The molecule has 0 spiro atoms. The van der Waals surface area contributed by atoms with Crippen molar-refractivity contribution in [2.75, 3.05) is 42.9 Å². The highest BCUT2D eigenvalue weighted by molar-refractivity contribution is 6.34. The summed E-state index contributed by atoms with van der Waals surface area (Å²) in [5, 5.41) is 3.47. The number of anilines is 2. The van der Waals surface area contributed by atoms with Crippen LogP contribution in [-0.4, -0.2) is 55.6 Å². The van der Waals surface area contributed by atoms with Crippen molar-refractivity contribution < 1.29 is 14.3 Å². The Morgan fingerprint density at radius 2 is 2.12 bits per heavy atom. The topological polar surface area (TPSA) is 61.9 Å². The van der Waals surface area contributed by atoms with Gasteiger partial charge in [-0.25, -0.2) is 0 Å². The van der Waals surface area contributed by atoms with E-state index in [4.69, 9.17) is 16.3 Å². The summed E-state index contributed by atoms with van der Waals surface area (Å²) in [4.78, 5) is 28.1. The first-order valence-corrected chi connectivity index (χ1v) is 8.83. The van der Waals surface area contributed by atoms with Crippen molar-refractivity contribution >= 4 is 34.9 Å². The molecule has 1 aromatic carbocycles. The molecule has 1 aromatic rings. The van der Waals surface area contributed by atoms with Crippen LogP contribution in [0.1, 0.15) is 12.8 Å². The minimum atomic E-state index is -0.719. The van der Waals surface area contributed by atoms with Gasteiger partial charge in [-0.2, -0.15) is 0 Å². The van der Waals surface area contributed by atoms with E-state index in [0.29, 0.717) is 17.1 Å². The smallest absolute Gasteiger partial charge is 0.306 e. The fraction of sp³-hybridized carbons (Fsp3) is 0.444. The molecule has 3 rings (SSSR count). The van der Waals surface area contributed by atoms with Gasteiger partial charge in [-0.3, -0.25) is 14.5 Å². The van der Waals surface area contributed by atoms with Gasteiger partial charge in [0.25, 0.3) is 5.91 Å². The lowest BCUT2D eigenvalue weighted by atomic mass is 10.2. The van der Waals surface area contributed by atoms with E-state index in [1.165, 1.54) is 0 Å². The molecule has 2 fully saturated rings. The second kappa shape index (κ2) is 7.89. The number of hydrogen-bond donors (Lipinski definition) is 1. The van der Waals surface area contributed by atoms with Crippen LogP contribution >= 0.6 is 11.6 Å². The molecule has 1 amide bonds. The maximum absolute atomic E-state index is 12.4. The van der Waals surface area contributed by atoms with Crippen molar-refractivity contribution in [3.63, 3.8) is 0 Å². The number of esters is 1. The van der Waals surface area contributed by atoms with Gasteiger partial charge in [0.05, 0.1) is 16.4 Å². The first-order valence-electron chi connectivity index (χ1n) is 8.45. The number of benzene rings is 1. The third-order valence-corrected chi connectivity index (χ3v) is 4.80. The molecule has 0 saturated carbocycles. The Morgan fingerprint density at radius 1 is 1.36 bits per heavy atom. The lowest BCUT2D eigenvalue weighted by Crippen LogP contribution is -2.46. The zero-order valence-electron chi connectivity index (χ0n) is 14.0. The monoisotopic (exact) mass is 363 g/mol. The molecule has 1 N–H and O–H groups in total. The van der Waals surface area contributed by atoms with Crippen LogP contribution in [0.15, 0.2) is 30.9 Å². The molecule has 1 unspecified atom stereocenters. The van der Waals surface area contributed by atoms with Gasteiger partial charge in [0.2, 0.25) is 0 Å². The maximum atomic E-state index is 12.4. The maximum Gasteiger partial charge on any atom is 0.306 e. The van der Waals surface area contributed by atoms with Crippen LogP contribution < -0.4 is 10.2 Å². The van der Waals surface area contributed by atoms with Crippen LogP contribution in [0.4, 0.5) is 11.4 Å². The van der Waals surface area contributed by atoms with Gasteiger partial charge in [-0.05, 0) is 12.1 Å². The lowest BCUT2D eigenvalue weighted by Gasteiger charge is -2.37. The zero-order valence-corrected chi connectivity index (χ0v) is 14.8. The van der Waals surface area contributed by atoms with Crippen molar-refractivity contribution in [1.29, 1.82) is 0 Å². The highest BCUT2D eigenvalue weighted by Crippen LogP contribution is 2.35. The Kier molecular flexibility index (Phi) is 5.60. The molecule has 0 bridgehead atoms. The summed E-state index contributed by atoms with van der Waals surface area (Å²) in [6, 6.07) is 5.44. The quantitative estimate of drug-likeness (QED) is 0.642. The predicted octanol–water partition coefficient (Wildman–Crippen LogP) is 2.29. The van der Waals surface area contributed by atoms with Crippen LogP contribution in [0, 0.1) is 0 Å². The molecule has 0 aliphatic carbocycles. The summed E-state index contributed by atoms with van der Waals surface area (Å²) in [6.45, 7) is 8.10. The molecular formula is C18H22ClN3O3. The molecular weight excluding hydrogens is 342 g/mol. The second-order valence-corrected chi connectivity index (χ2v) is 6.63. The fourth-order valence-electron chi connectivity index (χ4n) is 3.20. The third kappa shape index (κ3) is 4.14. The summed E-state index contributed by atoms with van der Waals surface area (Å²) in [6.07, 6.45) is 1.88. The summed E-state index contributed by atoms with van der Waals surface area (Å²) >= 11 is 6.42. The Bertz CT molecular complexity index is 672. The van der Waals surface area contributed by atoms with E-state index >= 15 is 0 Å². The molecule has 25 heavy (non-hydrogen) atoms. The molecule has 0 radical (unpaired) electrons.